The molecule has 2 aromatic rings. The summed E-state index contributed by atoms with van der Waals surface area (Å²) in [5.74, 6) is -2.89. The van der Waals surface area contributed by atoms with E-state index in [-0.39, 0.29) is 11.1 Å². The van der Waals surface area contributed by atoms with Crippen LogP contribution in [0.3, 0.4) is 0 Å². The first-order valence-corrected chi connectivity index (χ1v) is 4.25. The second-order valence-electron chi connectivity index (χ2n) is 2.94. The minimum Gasteiger partial charge on any atom is -0.228 e. The first kappa shape index (κ1) is 9.71. The summed E-state index contributed by atoms with van der Waals surface area (Å²) in [6.07, 6.45) is 1.25. The van der Waals surface area contributed by atoms with Crippen molar-refractivity contribution in [1.82, 2.24) is 4.98 Å². The summed E-state index contributed by atoms with van der Waals surface area (Å²) in [4.78, 5) is 3.37. The van der Waals surface area contributed by atoms with E-state index in [4.69, 9.17) is 0 Å². The van der Waals surface area contributed by atoms with Gasteiger partial charge in [-0.2, -0.15) is 4.39 Å². The van der Waals surface area contributed by atoms with Crippen molar-refractivity contribution in [2.45, 2.75) is 0 Å². The number of nitrogens with zero attached hydrogens (tertiary/aromatic N) is 1. The van der Waals surface area contributed by atoms with Gasteiger partial charge in [-0.3, -0.25) is 0 Å². The fraction of sp³-hybridized carbons (Fsp3) is 0. The van der Waals surface area contributed by atoms with Gasteiger partial charge in [-0.1, -0.05) is 12.1 Å². The lowest BCUT2D eigenvalue weighted by molar-refractivity contribution is 0.509. The van der Waals surface area contributed by atoms with Crippen LogP contribution in [0.15, 0.2) is 36.5 Å². The molecule has 0 atom stereocenters. The SMILES string of the molecule is Fc1cccc(-c2cccnc2F)c1F. The lowest BCUT2D eigenvalue weighted by atomic mass is 10.1. The highest BCUT2D eigenvalue weighted by atomic mass is 19.2. The Labute approximate surface area is 84.2 Å². The fourth-order valence-electron chi connectivity index (χ4n) is 1.30. The fourth-order valence-corrected chi connectivity index (χ4v) is 1.30. The van der Waals surface area contributed by atoms with Crippen LogP contribution in [0.2, 0.25) is 0 Å². The molecule has 1 aromatic heterocycles. The maximum Gasteiger partial charge on any atom is 0.220 e. The van der Waals surface area contributed by atoms with Gasteiger partial charge in [0.05, 0.1) is 0 Å². The highest BCUT2D eigenvalue weighted by Crippen LogP contribution is 2.25. The van der Waals surface area contributed by atoms with Crippen molar-refractivity contribution in [3.63, 3.8) is 0 Å². The summed E-state index contributed by atoms with van der Waals surface area (Å²) < 4.78 is 39.4. The van der Waals surface area contributed by atoms with Gasteiger partial charge in [0.1, 0.15) is 0 Å². The second kappa shape index (κ2) is 3.73. The van der Waals surface area contributed by atoms with Crippen LogP contribution in [0.1, 0.15) is 0 Å². The lowest BCUT2D eigenvalue weighted by Crippen LogP contribution is -1.93. The molecule has 0 fully saturated rings. The van der Waals surface area contributed by atoms with E-state index >= 15 is 0 Å². The molecule has 0 amide bonds. The summed E-state index contributed by atoms with van der Waals surface area (Å²) in [5, 5.41) is 0. The average Bonchev–Trinajstić information content (AvgIpc) is 2.23. The first-order valence-electron chi connectivity index (χ1n) is 4.25. The summed E-state index contributed by atoms with van der Waals surface area (Å²) in [6, 6.07) is 6.41. The Morgan fingerprint density at radius 2 is 1.60 bits per heavy atom. The van der Waals surface area contributed by atoms with Crippen LogP contribution >= 0.6 is 0 Å². The molecule has 1 heterocycles. The van der Waals surface area contributed by atoms with Crippen LogP contribution in [0.4, 0.5) is 13.2 Å². The van der Waals surface area contributed by atoms with Gasteiger partial charge in [0.2, 0.25) is 5.95 Å². The Morgan fingerprint density at radius 1 is 0.867 bits per heavy atom. The normalized spacial score (nSPS) is 10.3. The highest BCUT2D eigenvalue weighted by molar-refractivity contribution is 5.63. The summed E-state index contributed by atoms with van der Waals surface area (Å²) in [6.45, 7) is 0. The molecule has 0 radical (unpaired) electrons. The molecule has 4 heteroatoms. The van der Waals surface area contributed by atoms with Gasteiger partial charge in [-0.15, -0.1) is 0 Å². The quantitative estimate of drug-likeness (QED) is 0.657. The smallest absolute Gasteiger partial charge is 0.220 e. The molecular formula is C11H6F3N. The maximum atomic E-state index is 13.3. The Balaban J connectivity index is 2.65. The highest BCUT2D eigenvalue weighted by Gasteiger charge is 2.13. The molecule has 0 saturated heterocycles. The number of halogens is 3. The number of benzene rings is 1. The van der Waals surface area contributed by atoms with Gasteiger partial charge in [0, 0.05) is 17.3 Å². The zero-order valence-corrected chi connectivity index (χ0v) is 7.55. The van der Waals surface area contributed by atoms with Crippen LogP contribution < -0.4 is 0 Å². The van der Waals surface area contributed by atoms with E-state index in [0.717, 1.165) is 6.07 Å². The van der Waals surface area contributed by atoms with Crippen molar-refractivity contribution in [2.75, 3.05) is 0 Å². The molecule has 15 heavy (non-hydrogen) atoms. The van der Waals surface area contributed by atoms with Crippen LogP contribution in [-0.2, 0) is 0 Å². The molecule has 0 saturated carbocycles. The first-order chi connectivity index (χ1) is 7.20. The van der Waals surface area contributed by atoms with Crippen molar-refractivity contribution in [3.05, 3.63) is 54.1 Å². The topological polar surface area (TPSA) is 12.9 Å². The third-order valence-corrected chi connectivity index (χ3v) is 2.00. The predicted octanol–water partition coefficient (Wildman–Crippen LogP) is 3.17. The van der Waals surface area contributed by atoms with Gasteiger partial charge >= 0.3 is 0 Å². The number of aromatic nitrogens is 1. The lowest BCUT2D eigenvalue weighted by Gasteiger charge is -2.03. The van der Waals surface area contributed by atoms with Crippen molar-refractivity contribution < 1.29 is 13.2 Å². The molecule has 0 aliphatic carbocycles. The van der Waals surface area contributed by atoms with Crippen molar-refractivity contribution in [3.8, 4) is 11.1 Å². The molecule has 76 valence electrons. The van der Waals surface area contributed by atoms with Gasteiger partial charge in [-0.05, 0) is 18.2 Å². The Kier molecular flexibility index (Phi) is 2.41. The summed E-state index contributed by atoms with van der Waals surface area (Å²) >= 11 is 0. The molecule has 0 aliphatic rings. The Hall–Kier alpha value is -1.84. The van der Waals surface area contributed by atoms with E-state index in [1.54, 1.807) is 0 Å². The molecule has 0 bridgehead atoms. The Morgan fingerprint density at radius 3 is 2.33 bits per heavy atom. The van der Waals surface area contributed by atoms with Gasteiger partial charge in [0.15, 0.2) is 11.6 Å². The van der Waals surface area contributed by atoms with Crippen LogP contribution in [-0.4, -0.2) is 4.98 Å². The van der Waals surface area contributed by atoms with Crippen molar-refractivity contribution in [1.29, 1.82) is 0 Å². The Bertz CT molecular complexity index is 497. The molecule has 0 spiro atoms. The number of pyridine rings is 1. The van der Waals surface area contributed by atoms with Crippen LogP contribution in [0.25, 0.3) is 11.1 Å². The predicted molar refractivity (Wildman–Crippen MR) is 49.5 cm³/mol. The molecule has 0 aliphatic heterocycles. The second-order valence-corrected chi connectivity index (χ2v) is 2.94. The molecule has 0 N–H and O–H groups in total. The van der Waals surface area contributed by atoms with Gasteiger partial charge in [-0.25, -0.2) is 13.8 Å². The van der Waals surface area contributed by atoms with E-state index in [2.05, 4.69) is 4.98 Å². The van der Waals surface area contributed by atoms with Crippen molar-refractivity contribution >= 4 is 0 Å². The van der Waals surface area contributed by atoms with Gasteiger partial charge in [0.25, 0.3) is 0 Å². The van der Waals surface area contributed by atoms with E-state index < -0.39 is 17.6 Å². The molecule has 1 nitrogen and oxygen atoms in total. The number of hydrogen-bond donors (Lipinski definition) is 0. The van der Waals surface area contributed by atoms with Crippen molar-refractivity contribution in [2.24, 2.45) is 0 Å². The third-order valence-electron chi connectivity index (χ3n) is 2.00. The summed E-state index contributed by atoms with van der Waals surface area (Å²) in [7, 11) is 0. The maximum absolute atomic E-state index is 13.3. The van der Waals surface area contributed by atoms with E-state index in [9.17, 15) is 13.2 Å². The minimum absolute atomic E-state index is 0.0468. The zero-order valence-electron chi connectivity index (χ0n) is 7.55. The van der Waals surface area contributed by atoms with E-state index in [0.29, 0.717) is 0 Å². The largest absolute Gasteiger partial charge is 0.228 e. The number of rotatable bonds is 1. The number of hydrogen-bond acceptors (Lipinski definition) is 1. The average molecular weight is 209 g/mol. The summed E-state index contributed by atoms with van der Waals surface area (Å²) in [5.41, 5.74) is -0.171. The molecular weight excluding hydrogens is 203 g/mol. The standard InChI is InChI=1S/C11H6F3N/c12-9-5-1-3-7(10(9)13)8-4-2-6-15-11(8)14/h1-6H. The van der Waals surface area contributed by atoms with E-state index in [1.165, 1.54) is 30.5 Å². The molecule has 2 rings (SSSR count). The monoisotopic (exact) mass is 209 g/mol. The van der Waals surface area contributed by atoms with E-state index in [1.807, 2.05) is 0 Å². The molecule has 1 aromatic carbocycles. The minimum atomic E-state index is -1.07. The van der Waals surface area contributed by atoms with Crippen LogP contribution in [0.5, 0.6) is 0 Å². The zero-order chi connectivity index (χ0) is 10.8. The van der Waals surface area contributed by atoms with Crippen LogP contribution in [0, 0.1) is 17.6 Å². The third kappa shape index (κ3) is 1.70. The van der Waals surface area contributed by atoms with Gasteiger partial charge < -0.3 is 0 Å². The molecule has 0 unspecified atom stereocenters.